The highest BCUT2D eigenvalue weighted by molar-refractivity contribution is 7.10. The number of anilines is 1. The summed E-state index contributed by atoms with van der Waals surface area (Å²) in [6, 6.07) is 23.5. The molecule has 1 atom stereocenters. The second-order valence-electron chi connectivity index (χ2n) is 9.16. The Hall–Kier alpha value is -3.84. The van der Waals surface area contributed by atoms with Gasteiger partial charge < -0.3 is 14.2 Å². The molecule has 0 radical (unpaired) electrons. The number of hydrogen-bond donors (Lipinski definition) is 0. The van der Waals surface area contributed by atoms with Gasteiger partial charge in [-0.15, -0.1) is 11.3 Å². The van der Waals surface area contributed by atoms with Crippen molar-refractivity contribution in [3.05, 3.63) is 101 Å². The first-order valence-electron chi connectivity index (χ1n) is 12.6. The molecule has 1 aliphatic heterocycles. The van der Waals surface area contributed by atoms with Crippen molar-refractivity contribution in [3.63, 3.8) is 0 Å². The lowest BCUT2D eigenvalue weighted by Crippen LogP contribution is -2.47. The SMILES string of the molecule is CCCCN(CC(=O)N1c2ccccc2-n2cccc2C1c1ccc(OC)cc1)C(=O)Cc1cccs1. The molecule has 1 aliphatic rings. The van der Waals surface area contributed by atoms with Gasteiger partial charge in [0, 0.05) is 17.6 Å². The van der Waals surface area contributed by atoms with Gasteiger partial charge in [-0.1, -0.05) is 43.7 Å². The van der Waals surface area contributed by atoms with Crippen LogP contribution in [0.25, 0.3) is 5.69 Å². The van der Waals surface area contributed by atoms with Crippen LogP contribution in [0.5, 0.6) is 5.75 Å². The second kappa shape index (κ2) is 11.0. The fraction of sp³-hybridized carbons (Fsp3) is 0.267. The van der Waals surface area contributed by atoms with Crippen LogP contribution in [0.1, 0.15) is 41.9 Å². The van der Waals surface area contributed by atoms with Crippen molar-refractivity contribution < 1.29 is 14.3 Å². The summed E-state index contributed by atoms with van der Waals surface area (Å²) in [5.74, 6) is 0.647. The van der Waals surface area contributed by atoms with E-state index < -0.39 is 0 Å². The van der Waals surface area contributed by atoms with Crippen LogP contribution in [0.15, 0.2) is 84.4 Å². The van der Waals surface area contributed by atoms with E-state index in [1.165, 1.54) is 0 Å². The van der Waals surface area contributed by atoms with E-state index in [2.05, 4.69) is 17.6 Å². The molecular weight excluding hydrogens is 482 g/mol. The Morgan fingerprint density at radius 3 is 2.46 bits per heavy atom. The van der Waals surface area contributed by atoms with E-state index in [1.807, 2.05) is 83.2 Å². The van der Waals surface area contributed by atoms with Crippen molar-refractivity contribution in [1.82, 2.24) is 9.47 Å². The molecule has 0 N–H and O–H groups in total. The zero-order valence-electron chi connectivity index (χ0n) is 21.2. The number of para-hydroxylation sites is 2. The average Bonchev–Trinajstić information content (AvgIpc) is 3.63. The number of methoxy groups -OCH3 is 1. The third-order valence-electron chi connectivity index (χ3n) is 6.79. The number of hydrogen-bond acceptors (Lipinski definition) is 4. The van der Waals surface area contributed by atoms with Crippen molar-refractivity contribution in [3.8, 4) is 11.4 Å². The number of fused-ring (bicyclic) bond motifs is 3. The molecule has 1 unspecified atom stereocenters. The first-order valence-corrected chi connectivity index (χ1v) is 13.5. The van der Waals surface area contributed by atoms with E-state index in [0.29, 0.717) is 13.0 Å². The standard InChI is InChI=1S/C30H31N3O3S/c1-3-4-17-31(28(34)20-24-9-8-19-37-24)21-29(35)33-26-11-6-5-10-25(26)32-18-7-12-27(32)30(33)22-13-15-23(36-2)16-14-22/h5-16,18-19,30H,3-4,17,20-21H2,1-2H3. The maximum atomic E-state index is 14.2. The lowest BCUT2D eigenvalue weighted by molar-refractivity contribution is -0.134. The molecule has 2 aromatic carbocycles. The highest BCUT2D eigenvalue weighted by Gasteiger charge is 2.37. The first kappa shape index (κ1) is 24.8. The zero-order valence-corrected chi connectivity index (χ0v) is 22.0. The number of unbranched alkanes of at least 4 members (excludes halogenated alkanes) is 1. The van der Waals surface area contributed by atoms with E-state index in [9.17, 15) is 9.59 Å². The average molecular weight is 514 g/mol. The van der Waals surface area contributed by atoms with E-state index in [0.717, 1.165) is 46.1 Å². The Labute approximate surface area is 221 Å². The molecule has 5 rings (SSSR count). The first-order chi connectivity index (χ1) is 18.1. The summed E-state index contributed by atoms with van der Waals surface area (Å²) in [6.07, 6.45) is 4.15. The molecule has 190 valence electrons. The predicted molar refractivity (Wildman–Crippen MR) is 148 cm³/mol. The van der Waals surface area contributed by atoms with Gasteiger partial charge in [0.15, 0.2) is 0 Å². The summed E-state index contributed by atoms with van der Waals surface area (Å²) >= 11 is 1.57. The number of nitrogens with zero attached hydrogens (tertiary/aromatic N) is 3. The molecule has 37 heavy (non-hydrogen) atoms. The Bertz CT molecular complexity index is 1360. The number of rotatable bonds is 9. The summed E-state index contributed by atoms with van der Waals surface area (Å²) in [6.45, 7) is 2.69. The fourth-order valence-corrected chi connectivity index (χ4v) is 5.61. The molecule has 6 nitrogen and oxygen atoms in total. The quantitative estimate of drug-likeness (QED) is 0.282. The summed E-state index contributed by atoms with van der Waals surface area (Å²) in [4.78, 5) is 32.1. The minimum atomic E-state index is -0.330. The molecule has 0 fully saturated rings. The van der Waals surface area contributed by atoms with Crippen LogP contribution in [0.4, 0.5) is 5.69 Å². The fourth-order valence-electron chi connectivity index (χ4n) is 4.92. The van der Waals surface area contributed by atoms with Gasteiger partial charge in [0.1, 0.15) is 18.3 Å². The van der Waals surface area contributed by atoms with Crippen LogP contribution < -0.4 is 9.64 Å². The van der Waals surface area contributed by atoms with Crippen LogP contribution in [-0.2, 0) is 16.0 Å². The predicted octanol–water partition coefficient (Wildman–Crippen LogP) is 5.85. The topological polar surface area (TPSA) is 54.8 Å². The van der Waals surface area contributed by atoms with Gasteiger partial charge in [-0.25, -0.2) is 0 Å². The number of amides is 2. The number of thiophene rings is 1. The number of carbonyl (C=O) groups is 2. The summed E-state index contributed by atoms with van der Waals surface area (Å²) in [5, 5.41) is 1.98. The van der Waals surface area contributed by atoms with Crippen LogP contribution in [0, 0.1) is 0 Å². The highest BCUT2D eigenvalue weighted by Crippen LogP contribution is 2.42. The third kappa shape index (κ3) is 5.04. The Morgan fingerprint density at radius 2 is 1.76 bits per heavy atom. The summed E-state index contributed by atoms with van der Waals surface area (Å²) in [7, 11) is 1.64. The van der Waals surface area contributed by atoms with Crippen molar-refractivity contribution in [2.24, 2.45) is 0 Å². The van der Waals surface area contributed by atoms with E-state index in [-0.39, 0.29) is 24.4 Å². The van der Waals surface area contributed by atoms with Gasteiger partial charge in [-0.05, 0) is 59.8 Å². The van der Waals surface area contributed by atoms with Crippen molar-refractivity contribution >= 4 is 28.8 Å². The summed E-state index contributed by atoms with van der Waals surface area (Å²) < 4.78 is 7.52. The smallest absolute Gasteiger partial charge is 0.247 e. The van der Waals surface area contributed by atoms with Gasteiger partial charge >= 0.3 is 0 Å². The number of ether oxygens (including phenoxy) is 1. The molecular formula is C30H31N3O3S. The number of benzene rings is 2. The minimum Gasteiger partial charge on any atom is -0.497 e. The maximum absolute atomic E-state index is 14.2. The van der Waals surface area contributed by atoms with E-state index in [4.69, 9.17) is 4.74 Å². The lowest BCUT2D eigenvalue weighted by Gasteiger charge is -2.39. The molecule has 4 aromatic rings. The zero-order chi connectivity index (χ0) is 25.8. The Kier molecular flexibility index (Phi) is 7.42. The van der Waals surface area contributed by atoms with Crippen LogP contribution in [0.3, 0.4) is 0 Å². The molecule has 0 saturated carbocycles. The molecule has 0 bridgehead atoms. The molecule has 0 saturated heterocycles. The van der Waals surface area contributed by atoms with E-state index >= 15 is 0 Å². The molecule has 2 aromatic heterocycles. The third-order valence-corrected chi connectivity index (χ3v) is 7.66. The molecule has 7 heteroatoms. The minimum absolute atomic E-state index is 0.0149. The van der Waals surface area contributed by atoms with Crippen molar-refractivity contribution in [1.29, 1.82) is 0 Å². The van der Waals surface area contributed by atoms with Gasteiger partial charge in [0.05, 0.1) is 30.6 Å². The van der Waals surface area contributed by atoms with Gasteiger partial charge in [0.25, 0.3) is 0 Å². The highest BCUT2D eigenvalue weighted by atomic mass is 32.1. The molecule has 2 amide bonds. The van der Waals surface area contributed by atoms with Crippen LogP contribution >= 0.6 is 11.3 Å². The molecule has 0 aliphatic carbocycles. The number of carbonyl (C=O) groups excluding carboxylic acids is 2. The summed E-state index contributed by atoms with van der Waals surface area (Å²) in [5.41, 5.74) is 3.76. The largest absolute Gasteiger partial charge is 0.497 e. The second-order valence-corrected chi connectivity index (χ2v) is 10.2. The Balaban J connectivity index is 1.52. The van der Waals surface area contributed by atoms with Gasteiger partial charge in [-0.2, -0.15) is 0 Å². The lowest BCUT2D eigenvalue weighted by atomic mass is 9.97. The number of aromatic nitrogens is 1. The maximum Gasteiger partial charge on any atom is 0.247 e. The van der Waals surface area contributed by atoms with Gasteiger partial charge in [0.2, 0.25) is 11.8 Å². The molecule has 0 spiro atoms. The monoisotopic (exact) mass is 513 g/mol. The Morgan fingerprint density at radius 1 is 0.973 bits per heavy atom. The van der Waals surface area contributed by atoms with Gasteiger partial charge in [-0.3, -0.25) is 14.5 Å². The van der Waals surface area contributed by atoms with Crippen molar-refractivity contribution in [2.75, 3.05) is 25.1 Å². The van der Waals surface area contributed by atoms with Crippen molar-refractivity contribution in [2.45, 2.75) is 32.2 Å². The van der Waals surface area contributed by atoms with Crippen LogP contribution in [0.2, 0.25) is 0 Å². The van der Waals surface area contributed by atoms with Crippen LogP contribution in [-0.4, -0.2) is 41.5 Å². The molecule has 3 heterocycles. The van der Waals surface area contributed by atoms with E-state index in [1.54, 1.807) is 23.3 Å². The normalized spacial score (nSPS) is 14.1.